The van der Waals surface area contributed by atoms with Gasteiger partial charge in [0.15, 0.2) is 0 Å². The van der Waals surface area contributed by atoms with Gasteiger partial charge in [0.1, 0.15) is 0 Å². The highest BCUT2D eigenvalue weighted by Crippen LogP contribution is 2.34. The molecule has 6 heteroatoms. The van der Waals surface area contributed by atoms with E-state index in [2.05, 4.69) is 0 Å². The standard InChI is InChI=1S/C17H25NO4S/c1-2-13-6-3-4-8-17(13)23(20,21)18-10-5-7-15(18)14-12-22-11-9-16(14)19/h3-4,6,8,14-16,19H,2,5,7,9-12H2,1H3/t14-,15+,16+/m0/s1. The van der Waals surface area contributed by atoms with Crippen LogP contribution in [0, 0.1) is 5.92 Å². The molecule has 3 atom stereocenters. The van der Waals surface area contributed by atoms with E-state index in [1.165, 1.54) is 0 Å². The number of aryl methyl sites for hydroxylation is 1. The van der Waals surface area contributed by atoms with Gasteiger partial charge in [-0.1, -0.05) is 25.1 Å². The third kappa shape index (κ3) is 3.18. The van der Waals surface area contributed by atoms with Gasteiger partial charge in [-0.15, -0.1) is 0 Å². The van der Waals surface area contributed by atoms with Crippen molar-refractivity contribution < 1.29 is 18.3 Å². The van der Waals surface area contributed by atoms with Crippen molar-refractivity contribution in [2.45, 2.75) is 49.6 Å². The third-order valence-corrected chi connectivity index (χ3v) is 7.07. The van der Waals surface area contributed by atoms with E-state index in [0.717, 1.165) is 18.4 Å². The Kier molecular flexibility index (Phi) is 5.06. The Morgan fingerprint density at radius 1 is 1.30 bits per heavy atom. The van der Waals surface area contributed by atoms with Crippen LogP contribution in [0.25, 0.3) is 0 Å². The van der Waals surface area contributed by atoms with Crippen LogP contribution in [0.15, 0.2) is 29.2 Å². The average molecular weight is 339 g/mol. The maximum absolute atomic E-state index is 13.2. The molecule has 0 radical (unpaired) electrons. The van der Waals surface area contributed by atoms with Crippen molar-refractivity contribution in [2.75, 3.05) is 19.8 Å². The zero-order valence-electron chi connectivity index (χ0n) is 13.5. The van der Waals surface area contributed by atoms with Gasteiger partial charge in [-0.2, -0.15) is 4.31 Å². The van der Waals surface area contributed by atoms with Gasteiger partial charge < -0.3 is 9.84 Å². The quantitative estimate of drug-likeness (QED) is 0.908. The summed E-state index contributed by atoms with van der Waals surface area (Å²) in [5.41, 5.74) is 0.846. The number of hydrogen-bond donors (Lipinski definition) is 1. The van der Waals surface area contributed by atoms with E-state index in [0.29, 0.717) is 37.5 Å². The van der Waals surface area contributed by atoms with Crippen molar-refractivity contribution in [1.29, 1.82) is 0 Å². The van der Waals surface area contributed by atoms with Gasteiger partial charge in [0, 0.05) is 25.1 Å². The molecule has 128 valence electrons. The Morgan fingerprint density at radius 2 is 2.09 bits per heavy atom. The van der Waals surface area contributed by atoms with Gasteiger partial charge in [0.05, 0.1) is 17.6 Å². The zero-order valence-corrected chi connectivity index (χ0v) is 14.3. The first-order valence-corrected chi connectivity index (χ1v) is 9.85. The Labute approximate surface area is 138 Å². The normalized spacial score (nSPS) is 29.7. The van der Waals surface area contributed by atoms with Crippen LogP contribution in [-0.4, -0.2) is 49.7 Å². The number of rotatable bonds is 4. The first-order chi connectivity index (χ1) is 11.1. The second-order valence-electron chi connectivity index (χ2n) is 6.38. The highest BCUT2D eigenvalue weighted by atomic mass is 32.2. The number of aliphatic hydroxyl groups is 1. The molecule has 2 heterocycles. The lowest BCUT2D eigenvalue weighted by Crippen LogP contribution is -2.48. The number of ether oxygens (including phenoxy) is 1. The fraction of sp³-hybridized carbons (Fsp3) is 0.647. The van der Waals surface area contributed by atoms with Crippen molar-refractivity contribution in [3.8, 4) is 0 Å². The fourth-order valence-corrected chi connectivity index (χ4v) is 5.82. The predicted molar refractivity (Wildman–Crippen MR) is 87.7 cm³/mol. The van der Waals surface area contributed by atoms with Crippen molar-refractivity contribution in [3.05, 3.63) is 29.8 Å². The summed E-state index contributed by atoms with van der Waals surface area (Å²) in [6.07, 6.45) is 2.41. The van der Waals surface area contributed by atoms with Crippen LogP contribution in [0.2, 0.25) is 0 Å². The highest BCUT2D eigenvalue weighted by Gasteiger charge is 2.43. The average Bonchev–Trinajstić information content (AvgIpc) is 3.05. The monoisotopic (exact) mass is 339 g/mol. The Bertz CT molecular complexity index is 646. The highest BCUT2D eigenvalue weighted by molar-refractivity contribution is 7.89. The molecule has 0 saturated carbocycles. The van der Waals surface area contributed by atoms with Gasteiger partial charge in [-0.05, 0) is 37.3 Å². The van der Waals surface area contributed by atoms with Crippen LogP contribution in [0.5, 0.6) is 0 Å². The predicted octanol–water partition coefficient (Wildman–Crippen LogP) is 1.80. The lowest BCUT2D eigenvalue weighted by atomic mass is 9.90. The third-order valence-electron chi connectivity index (χ3n) is 5.05. The minimum atomic E-state index is -3.54. The molecule has 1 aromatic rings. The molecule has 2 saturated heterocycles. The molecule has 2 fully saturated rings. The SMILES string of the molecule is CCc1ccccc1S(=O)(=O)N1CCC[C@@H]1[C@@H]1COCC[C@H]1O. The molecule has 0 spiro atoms. The van der Waals surface area contributed by atoms with Crippen LogP contribution in [0.3, 0.4) is 0 Å². The summed E-state index contributed by atoms with van der Waals surface area (Å²) in [5.74, 6) is -0.130. The lowest BCUT2D eigenvalue weighted by molar-refractivity contribution is -0.0543. The molecule has 0 amide bonds. The first kappa shape index (κ1) is 16.9. The van der Waals surface area contributed by atoms with Crippen LogP contribution >= 0.6 is 0 Å². The summed E-state index contributed by atoms with van der Waals surface area (Å²) in [6.45, 7) is 3.48. The first-order valence-electron chi connectivity index (χ1n) is 8.41. The summed E-state index contributed by atoms with van der Waals surface area (Å²) < 4.78 is 33.5. The molecule has 1 N–H and O–H groups in total. The van der Waals surface area contributed by atoms with E-state index in [4.69, 9.17) is 4.74 Å². The summed E-state index contributed by atoms with van der Waals surface area (Å²) in [6, 6.07) is 7.04. The Balaban J connectivity index is 1.92. The van der Waals surface area contributed by atoms with Crippen LogP contribution < -0.4 is 0 Å². The number of nitrogens with zero attached hydrogens (tertiary/aromatic N) is 1. The van der Waals surface area contributed by atoms with E-state index < -0.39 is 16.1 Å². The maximum Gasteiger partial charge on any atom is 0.243 e. The molecule has 3 rings (SSSR count). The summed E-state index contributed by atoms with van der Waals surface area (Å²) in [5, 5.41) is 10.3. The molecule has 0 unspecified atom stereocenters. The van der Waals surface area contributed by atoms with Crippen LogP contribution in [-0.2, 0) is 21.2 Å². The summed E-state index contributed by atoms with van der Waals surface area (Å²) >= 11 is 0. The summed E-state index contributed by atoms with van der Waals surface area (Å²) in [4.78, 5) is 0.403. The number of hydrogen-bond acceptors (Lipinski definition) is 4. The smallest absolute Gasteiger partial charge is 0.243 e. The van der Waals surface area contributed by atoms with E-state index >= 15 is 0 Å². The molecule has 5 nitrogen and oxygen atoms in total. The van der Waals surface area contributed by atoms with Crippen molar-refractivity contribution >= 4 is 10.0 Å². The van der Waals surface area contributed by atoms with Gasteiger partial charge in [0.25, 0.3) is 0 Å². The van der Waals surface area contributed by atoms with Gasteiger partial charge >= 0.3 is 0 Å². The topological polar surface area (TPSA) is 66.8 Å². The fourth-order valence-electron chi connectivity index (χ4n) is 3.78. The maximum atomic E-state index is 13.2. The second kappa shape index (κ2) is 6.89. The Hall–Kier alpha value is -0.950. The van der Waals surface area contributed by atoms with E-state index in [1.54, 1.807) is 16.4 Å². The van der Waals surface area contributed by atoms with E-state index in [1.807, 2.05) is 19.1 Å². The van der Waals surface area contributed by atoms with Gasteiger partial charge in [-0.25, -0.2) is 8.42 Å². The molecule has 23 heavy (non-hydrogen) atoms. The molecule has 0 bridgehead atoms. The molecular weight excluding hydrogens is 314 g/mol. The van der Waals surface area contributed by atoms with Gasteiger partial charge in [-0.3, -0.25) is 0 Å². The number of sulfonamides is 1. The number of aliphatic hydroxyl groups excluding tert-OH is 1. The van der Waals surface area contributed by atoms with Crippen molar-refractivity contribution in [2.24, 2.45) is 5.92 Å². The zero-order chi connectivity index (χ0) is 16.4. The van der Waals surface area contributed by atoms with E-state index in [9.17, 15) is 13.5 Å². The van der Waals surface area contributed by atoms with E-state index in [-0.39, 0.29) is 12.0 Å². The molecule has 2 aliphatic heterocycles. The molecular formula is C17H25NO4S. The summed E-state index contributed by atoms with van der Waals surface area (Å²) in [7, 11) is -3.54. The number of benzene rings is 1. The van der Waals surface area contributed by atoms with Crippen LogP contribution in [0.1, 0.15) is 31.7 Å². The lowest BCUT2D eigenvalue weighted by Gasteiger charge is -2.36. The molecule has 0 aromatic heterocycles. The van der Waals surface area contributed by atoms with Gasteiger partial charge in [0.2, 0.25) is 10.0 Å². The minimum absolute atomic E-state index is 0.130. The largest absolute Gasteiger partial charge is 0.393 e. The Morgan fingerprint density at radius 3 is 2.83 bits per heavy atom. The molecule has 2 aliphatic rings. The minimum Gasteiger partial charge on any atom is -0.393 e. The second-order valence-corrected chi connectivity index (χ2v) is 8.24. The molecule has 0 aliphatic carbocycles. The van der Waals surface area contributed by atoms with Crippen molar-refractivity contribution in [1.82, 2.24) is 4.31 Å². The molecule has 1 aromatic carbocycles. The van der Waals surface area contributed by atoms with Crippen LogP contribution in [0.4, 0.5) is 0 Å². The van der Waals surface area contributed by atoms with Crippen molar-refractivity contribution in [3.63, 3.8) is 0 Å².